The number of aromatic nitrogens is 2. The van der Waals surface area contributed by atoms with Crippen molar-refractivity contribution in [3.05, 3.63) is 59.9 Å². The number of hydrogen-bond acceptors (Lipinski definition) is 2. The minimum atomic E-state index is 0.853. The van der Waals surface area contributed by atoms with Gasteiger partial charge in [0.25, 0.3) is 0 Å². The van der Waals surface area contributed by atoms with E-state index in [4.69, 9.17) is 4.74 Å². The fraction of sp³-hybridized carbons (Fsp3) is 0.188. The molecule has 0 bridgehead atoms. The van der Waals surface area contributed by atoms with Crippen LogP contribution in [0.25, 0.3) is 11.0 Å². The van der Waals surface area contributed by atoms with Crippen molar-refractivity contribution in [1.29, 1.82) is 0 Å². The van der Waals surface area contributed by atoms with Crippen LogP contribution in [0.1, 0.15) is 11.4 Å². The van der Waals surface area contributed by atoms with Gasteiger partial charge in [0.1, 0.15) is 11.6 Å². The average molecular weight is 252 g/mol. The van der Waals surface area contributed by atoms with E-state index in [-0.39, 0.29) is 0 Å². The van der Waals surface area contributed by atoms with Gasteiger partial charge in [-0.1, -0.05) is 30.3 Å². The number of benzene rings is 2. The lowest BCUT2D eigenvalue weighted by atomic mass is 10.1. The van der Waals surface area contributed by atoms with Gasteiger partial charge in [0.15, 0.2) is 0 Å². The maximum Gasteiger partial charge on any atom is 0.121 e. The van der Waals surface area contributed by atoms with Gasteiger partial charge in [0.2, 0.25) is 0 Å². The summed E-state index contributed by atoms with van der Waals surface area (Å²) < 4.78 is 5.21. The topological polar surface area (TPSA) is 37.9 Å². The maximum absolute atomic E-state index is 5.21. The number of hydrogen-bond donors (Lipinski definition) is 1. The third kappa shape index (κ3) is 2.60. The van der Waals surface area contributed by atoms with Crippen molar-refractivity contribution in [2.24, 2.45) is 0 Å². The van der Waals surface area contributed by atoms with Gasteiger partial charge < -0.3 is 9.72 Å². The van der Waals surface area contributed by atoms with E-state index in [0.29, 0.717) is 0 Å². The Labute approximate surface area is 112 Å². The fourth-order valence-electron chi connectivity index (χ4n) is 2.19. The largest absolute Gasteiger partial charge is 0.497 e. The van der Waals surface area contributed by atoms with Crippen molar-refractivity contribution in [2.45, 2.75) is 12.8 Å². The first kappa shape index (κ1) is 11.8. The monoisotopic (exact) mass is 252 g/mol. The molecule has 1 N–H and O–H groups in total. The summed E-state index contributed by atoms with van der Waals surface area (Å²) >= 11 is 0. The van der Waals surface area contributed by atoms with Crippen LogP contribution in [0.5, 0.6) is 5.75 Å². The molecule has 3 nitrogen and oxygen atoms in total. The Bertz CT molecular complexity index is 674. The highest BCUT2D eigenvalue weighted by atomic mass is 16.5. The molecule has 0 saturated heterocycles. The highest BCUT2D eigenvalue weighted by Crippen LogP contribution is 2.19. The van der Waals surface area contributed by atoms with Gasteiger partial charge in [-0.05, 0) is 24.1 Å². The van der Waals surface area contributed by atoms with Crippen LogP contribution in [-0.2, 0) is 12.8 Å². The predicted octanol–water partition coefficient (Wildman–Crippen LogP) is 3.36. The Kier molecular flexibility index (Phi) is 3.19. The minimum Gasteiger partial charge on any atom is -0.497 e. The zero-order valence-electron chi connectivity index (χ0n) is 10.9. The van der Waals surface area contributed by atoms with E-state index < -0.39 is 0 Å². The first-order chi connectivity index (χ1) is 9.35. The molecule has 96 valence electrons. The lowest BCUT2D eigenvalue weighted by molar-refractivity contribution is 0.415. The highest BCUT2D eigenvalue weighted by Gasteiger charge is 2.04. The van der Waals surface area contributed by atoms with Crippen LogP contribution in [0.2, 0.25) is 0 Å². The first-order valence-electron chi connectivity index (χ1n) is 6.42. The second-order valence-corrected chi connectivity index (χ2v) is 4.55. The van der Waals surface area contributed by atoms with Crippen LogP contribution in [-0.4, -0.2) is 17.1 Å². The average Bonchev–Trinajstić information content (AvgIpc) is 2.88. The van der Waals surface area contributed by atoms with E-state index in [2.05, 4.69) is 34.2 Å². The molecule has 0 amide bonds. The SMILES string of the molecule is COc1ccc2nc(CCc3ccccc3)[nH]c2c1. The molecule has 0 aliphatic rings. The molecule has 0 atom stereocenters. The van der Waals surface area contributed by atoms with Crippen molar-refractivity contribution >= 4 is 11.0 Å². The lowest BCUT2D eigenvalue weighted by Crippen LogP contribution is -1.92. The van der Waals surface area contributed by atoms with E-state index in [1.165, 1.54) is 5.56 Å². The molecule has 2 aromatic carbocycles. The molecule has 0 aliphatic heterocycles. The van der Waals surface area contributed by atoms with E-state index >= 15 is 0 Å². The standard InChI is InChI=1S/C16H16N2O/c1-19-13-8-9-14-15(11-13)18-16(17-14)10-7-12-5-3-2-4-6-12/h2-6,8-9,11H,7,10H2,1H3,(H,17,18). The number of methoxy groups -OCH3 is 1. The summed E-state index contributed by atoms with van der Waals surface area (Å²) in [5, 5.41) is 0. The second kappa shape index (κ2) is 5.14. The molecule has 3 rings (SSSR count). The van der Waals surface area contributed by atoms with Crippen LogP contribution >= 0.6 is 0 Å². The number of aryl methyl sites for hydroxylation is 2. The number of nitrogens with zero attached hydrogens (tertiary/aromatic N) is 1. The van der Waals surface area contributed by atoms with E-state index in [1.807, 2.05) is 24.3 Å². The van der Waals surface area contributed by atoms with Crippen LogP contribution in [0.3, 0.4) is 0 Å². The van der Waals surface area contributed by atoms with Gasteiger partial charge in [-0.25, -0.2) is 4.98 Å². The molecular weight excluding hydrogens is 236 g/mol. The van der Waals surface area contributed by atoms with Crippen LogP contribution in [0.4, 0.5) is 0 Å². The molecule has 1 aromatic heterocycles. The number of rotatable bonds is 4. The van der Waals surface area contributed by atoms with Gasteiger partial charge in [0.05, 0.1) is 18.1 Å². The number of ether oxygens (including phenoxy) is 1. The van der Waals surface area contributed by atoms with Gasteiger partial charge in [-0.2, -0.15) is 0 Å². The summed E-state index contributed by atoms with van der Waals surface area (Å²) in [6, 6.07) is 16.4. The fourth-order valence-corrected chi connectivity index (χ4v) is 2.19. The van der Waals surface area contributed by atoms with E-state index in [9.17, 15) is 0 Å². The summed E-state index contributed by atoms with van der Waals surface area (Å²) in [6.45, 7) is 0. The molecule has 1 heterocycles. The Balaban J connectivity index is 1.78. The molecule has 0 saturated carbocycles. The Hall–Kier alpha value is -2.29. The number of H-pyrrole nitrogens is 1. The number of fused-ring (bicyclic) bond motifs is 1. The number of nitrogens with one attached hydrogen (secondary N) is 1. The summed E-state index contributed by atoms with van der Waals surface area (Å²) in [5.41, 5.74) is 3.35. The molecule has 0 spiro atoms. The van der Waals surface area contributed by atoms with E-state index in [1.54, 1.807) is 7.11 Å². The third-order valence-corrected chi connectivity index (χ3v) is 3.23. The molecule has 0 aliphatic carbocycles. The first-order valence-corrected chi connectivity index (χ1v) is 6.42. The summed E-state index contributed by atoms with van der Waals surface area (Å²) in [4.78, 5) is 7.94. The zero-order chi connectivity index (χ0) is 13.1. The molecule has 3 heteroatoms. The Morgan fingerprint density at radius 1 is 1.05 bits per heavy atom. The van der Waals surface area contributed by atoms with Crippen molar-refractivity contribution in [3.63, 3.8) is 0 Å². The van der Waals surface area contributed by atoms with Crippen molar-refractivity contribution < 1.29 is 4.74 Å². The Morgan fingerprint density at radius 2 is 1.89 bits per heavy atom. The molecular formula is C16H16N2O. The summed E-state index contributed by atoms with van der Waals surface area (Å²) in [7, 11) is 1.67. The van der Waals surface area contributed by atoms with Crippen LogP contribution in [0.15, 0.2) is 48.5 Å². The molecule has 0 unspecified atom stereocenters. The van der Waals surface area contributed by atoms with Gasteiger partial charge in [0, 0.05) is 12.5 Å². The maximum atomic E-state index is 5.21. The normalized spacial score (nSPS) is 10.8. The zero-order valence-corrected chi connectivity index (χ0v) is 10.9. The number of aromatic amines is 1. The van der Waals surface area contributed by atoms with E-state index in [0.717, 1.165) is 35.4 Å². The summed E-state index contributed by atoms with van der Waals surface area (Å²) in [6.07, 6.45) is 1.92. The molecule has 0 fully saturated rings. The third-order valence-electron chi connectivity index (χ3n) is 3.23. The molecule has 0 radical (unpaired) electrons. The van der Waals surface area contributed by atoms with Gasteiger partial charge in [-0.3, -0.25) is 0 Å². The highest BCUT2D eigenvalue weighted by molar-refractivity contribution is 5.76. The smallest absolute Gasteiger partial charge is 0.121 e. The predicted molar refractivity (Wildman–Crippen MR) is 76.5 cm³/mol. The minimum absolute atomic E-state index is 0.853. The lowest BCUT2D eigenvalue weighted by Gasteiger charge is -1.98. The Morgan fingerprint density at radius 3 is 2.68 bits per heavy atom. The van der Waals surface area contributed by atoms with Crippen molar-refractivity contribution in [3.8, 4) is 5.75 Å². The van der Waals surface area contributed by atoms with Crippen molar-refractivity contribution in [1.82, 2.24) is 9.97 Å². The summed E-state index contributed by atoms with van der Waals surface area (Å²) in [5.74, 6) is 1.87. The number of imidazole rings is 1. The van der Waals surface area contributed by atoms with Gasteiger partial charge >= 0.3 is 0 Å². The van der Waals surface area contributed by atoms with Crippen LogP contribution < -0.4 is 4.74 Å². The van der Waals surface area contributed by atoms with Crippen LogP contribution in [0, 0.1) is 0 Å². The molecule has 3 aromatic rings. The quantitative estimate of drug-likeness (QED) is 0.773. The van der Waals surface area contributed by atoms with Crippen molar-refractivity contribution in [2.75, 3.05) is 7.11 Å². The second-order valence-electron chi connectivity index (χ2n) is 4.55. The molecule has 19 heavy (non-hydrogen) atoms. The van der Waals surface area contributed by atoms with Gasteiger partial charge in [-0.15, -0.1) is 0 Å².